The van der Waals surface area contributed by atoms with Crippen LogP contribution in [-0.2, 0) is 16.1 Å². The van der Waals surface area contributed by atoms with Crippen LogP contribution in [0.25, 0.3) is 10.9 Å². The van der Waals surface area contributed by atoms with Gasteiger partial charge in [0.05, 0.1) is 24.1 Å². The first kappa shape index (κ1) is 21.6. The third kappa shape index (κ3) is 4.83. The van der Waals surface area contributed by atoms with E-state index in [-0.39, 0.29) is 11.5 Å². The van der Waals surface area contributed by atoms with Gasteiger partial charge in [-0.1, -0.05) is 54.2 Å². The minimum absolute atomic E-state index is 0.0802. The number of thioether (sulfide) groups is 1. The van der Waals surface area contributed by atoms with Gasteiger partial charge in [-0.05, 0) is 37.0 Å². The number of methoxy groups -OCH3 is 1. The number of carbonyl (C=O) groups is 1. The predicted octanol–water partition coefficient (Wildman–Crippen LogP) is 3.89. The number of fused-ring (bicyclic) bond motifs is 1. The molecule has 1 saturated heterocycles. The van der Waals surface area contributed by atoms with Gasteiger partial charge in [0.1, 0.15) is 5.25 Å². The van der Waals surface area contributed by atoms with Gasteiger partial charge < -0.3 is 9.64 Å². The van der Waals surface area contributed by atoms with Crippen molar-refractivity contribution in [2.75, 3.05) is 26.8 Å². The molecule has 0 spiro atoms. The quantitative estimate of drug-likeness (QED) is 0.415. The largest absolute Gasteiger partial charge is 0.383 e. The van der Waals surface area contributed by atoms with Gasteiger partial charge in [0.25, 0.3) is 5.56 Å². The Bertz CT molecular complexity index is 1090. The molecular formula is C24H27N3O3S. The van der Waals surface area contributed by atoms with E-state index in [0.29, 0.717) is 29.2 Å². The maximum atomic E-state index is 13.5. The van der Waals surface area contributed by atoms with Crippen molar-refractivity contribution < 1.29 is 9.53 Å². The van der Waals surface area contributed by atoms with Crippen molar-refractivity contribution in [3.05, 3.63) is 70.5 Å². The number of nitrogens with zero attached hydrogens (tertiary/aromatic N) is 3. The highest BCUT2D eigenvalue weighted by Gasteiger charge is 2.29. The van der Waals surface area contributed by atoms with E-state index < -0.39 is 5.25 Å². The average molecular weight is 438 g/mol. The molecule has 0 aliphatic carbocycles. The standard InChI is InChI=1S/C24H27N3O3S/c1-30-17-16-27-22(28)19-12-6-7-13-20(19)25-24(27)31-21(18-10-4-2-5-11-18)23(29)26-14-8-3-9-15-26/h2,4-7,10-13,21H,3,8-9,14-17H2,1H3. The van der Waals surface area contributed by atoms with Gasteiger partial charge in [-0.3, -0.25) is 14.2 Å². The van der Waals surface area contributed by atoms with Crippen LogP contribution < -0.4 is 5.56 Å². The molecule has 0 saturated carbocycles. The first-order valence-electron chi connectivity index (χ1n) is 10.7. The summed E-state index contributed by atoms with van der Waals surface area (Å²) in [5.74, 6) is 0.0802. The van der Waals surface area contributed by atoms with Crippen LogP contribution >= 0.6 is 11.8 Å². The van der Waals surface area contributed by atoms with Gasteiger partial charge in [-0.25, -0.2) is 4.98 Å². The molecule has 3 aromatic rings. The Morgan fingerprint density at radius 2 is 1.77 bits per heavy atom. The van der Waals surface area contributed by atoms with Crippen molar-refractivity contribution in [3.63, 3.8) is 0 Å². The van der Waals surface area contributed by atoms with E-state index >= 15 is 0 Å². The smallest absolute Gasteiger partial charge is 0.262 e. The molecule has 1 amide bonds. The summed E-state index contributed by atoms with van der Waals surface area (Å²) in [4.78, 5) is 33.5. The normalized spacial score (nSPS) is 15.2. The summed E-state index contributed by atoms with van der Waals surface area (Å²) in [5, 5.41) is 0.655. The van der Waals surface area contributed by atoms with E-state index in [4.69, 9.17) is 9.72 Å². The highest BCUT2D eigenvalue weighted by molar-refractivity contribution is 8.00. The Balaban J connectivity index is 1.76. The number of hydrogen-bond acceptors (Lipinski definition) is 5. The van der Waals surface area contributed by atoms with E-state index in [1.165, 1.54) is 11.8 Å². The number of para-hydroxylation sites is 1. The van der Waals surface area contributed by atoms with E-state index in [1.807, 2.05) is 53.4 Å². The highest BCUT2D eigenvalue weighted by atomic mass is 32.2. The Morgan fingerprint density at radius 1 is 1.06 bits per heavy atom. The molecule has 6 nitrogen and oxygen atoms in total. The van der Waals surface area contributed by atoms with Crippen molar-refractivity contribution in [1.29, 1.82) is 0 Å². The molecule has 4 rings (SSSR count). The summed E-state index contributed by atoms with van der Waals surface area (Å²) in [7, 11) is 1.61. The lowest BCUT2D eigenvalue weighted by Crippen LogP contribution is -2.38. The molecule has 1 fully saturated rings. The van der Waals surface area contributed by atoms with Gasteiger partial charge in [-0.2, -0.15) is 0 Å². The van der Waals surface area contributed by atoms with Gasteiger partial charge in [0.2, 0.25) is 5.91 Å². The van der Waals surface area contributed by atoms with Crippen LogP contribution in [0.3, 0.4) is 0 Å². The lowest BCUT2D eigenvalue weighted by atomic mass is 10.1. The van der Waals surface area contributed by atoms with Crippen LogP contribution in [0.15, 0.2) is 64.5 Å². The van der Waals surface area contributed by atoms with Crippen LogP contribution in [0.5, 0.6) is 0 Å². The number of hydrogen-bond donors (Lipinski definition) is 0. The molecule has 1 unspecified atom stereocenters. The SMILES string of the molecule is COCCn1c(SC(C(=O)N2CCCCC2)c2ccccc2)nc2ccccc2c1=O. The second-order valence-corrected chi connectivity index (χ2v) is 8.73. The van der Waals surface area contributed by atoms with Crippen molar-refractivity contribution in [2.45, 2.75) is 36.2 Å². The van der Waals surface area contributed by atoms with Crippen LogP contribution in [0.2, 0.25) is 0 Å². The fourth-order valence-corrected chi connectivity index (χ4v) is 5.10. The van der Waals surface area contributed by atoms with E-state index in [9.17, 15) is 9.59 Å². The van der Waals surface area contributed by atoms with Gasteiger partial charge in [0.15, 0.2) is 5.16 Å². The summed E-state index contributed by atoms with van der Waals surface area (Å²) < 4.78 is 6.86. The molecule has 31 heavy (non-hydrogen) atoms. The lowest BCUT2D eigenvalue weighted by molar-refractivity contribution is -0.131. The van der Waals surface area contributed by atoms with Gasteiger partial charge >= 0.3 is 0 Å². The van der Waals surface area contributed by atoms with E-state index in [0.717, 1.165) is 37.9 Å². The predicted molar refractivity (Wildman–Crippen MR) is 123 cm³/mol. The summed E-state index contributed by atoms with van der Waals surface area (Å²) in [6, 6.07) is 17.1. The number of benzene rings is 2. The Hall–Kier alpha value is -2.64. The van der Waals surface area contributed by atoms with Gasteiger partial charge in [0, 0.05) is 20.2 Å². The second kappa shape index (κ2) is 10.1. The number of rotatable bonds is 7. The minimum atomic E-state index is -0.457. The Labute approximate surface area is 186 Å². The fraction of sp³-hybridized carbons (Fsp3) is 0.375. The highest BCUT2D eigenvalue weighted by Crippen LogP contribution is 2.36. The van der Waals surface area contributed by atoms with Crippen molar-refractivity contribution in [1.82, 2.24) is 14.5 Å². The molecular weight excluding hydrogens is 410 g/mol. The molecule has 0 radical (unpaired) electrons. The maximum absolute atomic E-state index is 13.5. The molecule has 1 atom stereocenters. The van der Waals surface area contributed by atoms with Crippen LogP contribution in [0.1, 0.15) is 30.1 Å². The summed E-state index contributed by atoms with van der Waals surface area (Å²) in [6.07, 6.45) is 3.23. The third-order valence-electron chi connectivity index (χ3n) is 5.56. The maximum Gasteiger partial charge on any atom is 0.262 e. The number of aromatic nitrogens is 2. The average Bonchev–Trinajstić information content (AvgIpc) is 2.83. The zero-order valence-electron chi connectivity index (χ0n) is 17.7. The topological polar surface area (TPSA) is 64.4 Å². The second-order valence-electron chi connectivity index (χ2n) is 7.66. The third-order valence-corrected chi connectivity index (χ3v) is 6.80. The zero-order chi connectivity index (χ0) is 21.6. The first-order chi connectivity index (χ1) is 15.2. The van der Waals surface area contributed by atoms with Crippen molar-refractivity contribution in [3.8, 4) is 0 Å². The molecule has 1 aromatic heterocycles. The lowest BCUT2D eigenvalue weighted by Gasteiger charge is -2.30. The monoisotopic (exact) mass is 437 g/mol. The van der Waals surface area contributed by atoms with Crippen LogP contribution in [-0.4, -0.2) is 47.2 Å². The number of carbonyl (C=O) groups excluding carboxylic acids is 1. The fourth-order valence-electron chi connectivity index (χ4n) is 3.89. The first-order valence-corrected chi connectivity index (χ1v) is 11.6. The molecule has 2 aromatic carbocycles. The summed E-state index contributed by atoms with van der Waals surface area (Å²) in [6.45, 7) is 2.34. The number of likely N-dealkylation sites (tertiary alicyclic amines) is 1. The summed E-state index contributed by atoms with van der Waals surface area (Å²) in [5.41, 5.74) is 1.45. The van der Waals surface area contributed by atoms with Crippen molar-refractivity contribution >= 4 is 28.6 Å². The molecule has 1 aliphatic heterocycles. The summed E-state index contributed by atoms with van der Waals surface area (Å²) >= 11 is 1.35. The van der Waals surface area contributed by atoms with Crippen molar-refractivity contribution in [2.24, 2.45) is 0 Å². The van der Waals surface area contributed by atoms with E-state index in [2.05, 4.69) is 0 Å². The molecule has 1 aliphatic rings. The Morgan fingerprint density at radius 3 is 2.52 bits per heavy atom. The minimum Gasteiger partial charge on any atom is -0.383 e. The number of ether oxygens (including phenoxy) is 1. The number of piperidine rings is 1. The molecule has 2 heterocycles. The number of amides is 1. The molecule has 0 N–H and O–H groups in total. The van der Waals surface area contributed by atoms with Crippen LogP contribution in [0.4, 0.5) is 0 Å². The van der Waals surface area contributed by atoms with Crippen LogP contribution in [0, 0.1) is 0 Å². The molecule has 0 bridgehead atoms. The molecule has 7 heteroatoms. The molecule has 162 valence electrons. The zero-order valence-corrected chi connectivity index (χ0v) is 18.5. The van der Waals surface area contributed by atoms with E-state index in [1.54, 1.807) is 17.7 Å². The van der Waals surface area contributed by atoms with Gasteiger partial charge in [-0.15, -0.1) is 0 Å². The Kier molecular flexibility index (Phi) is 7.04.